The monoisotopic (exact) mass is 591 g/mol. The molecule has 0 N–H and O–H groups in total. The van der Waals surface area contributed by atoms with Crippen LogP contribution < -0.4 is 15.0 Å². The molecule has 202 valence electrons. The Bertz CT molecular complexity index is 1580. The Hall–Kier alpha value is -3.78. The van der Waals surface area contributed by atoms with Gasteiger partial charge in [0.15, 0.2) is 11.5 Å². The minimum atomic E-state index is -0.330. The van der Waals surface area contributed by atoms with E-state index in [1.807, 2.05) is 39.0 Å². The van der Waals surface area contributed by atoms with Crippen LogP contribution in [0.4, 0.5) is 4.39 Å². The molecule has 0 aliphatic heterocycles. The second kappa shape index (κ2) is 12.8. The Balaban J connectivity index is 1.78. The van der Waals surface area contributed by atoms with Crippen molar-refractivity contribution in [3.8, 4) is 11.5 Å². The molecule has 0 saturated heterocycles. The highest BCUT2D eigenvalue weighted by Crippen LogP contribution is 2.34. The van der Waals surface area contributed by atoms with Crippen molar-refractivity contribution in [1.29, 1.82) is 0 Å². The van der Waals surface area contributed by atoms with E-state index in [0.29, 0.717) is 52.4 Å². The van der Waals surface area contributed by atoms with Gasteiger partial charge in [-0.05, 0) is 61.7 Å². The Labute approximate surface area is 235 Å². The summed E-state index contributed by atoms with van der Waals surface area (Å²) in [6.45, 7) is 10.3. The van der Waals surface area contributed by atoms with E-state index in [-0.39, 0.29) is 23.9 Å². The Morgan fingerprint density at radius 1 is 1.13 bits per heavy atom. The molecular weight excluding hydrogens is 561 g/mol. The molecule has 1 aromatic heterocycles. The Morgan fingerprint density at radius 2 is 1.92 bits per heavy atom. The molecule has 0 fully saturated rings. The van der Waals surface area contributed by atoms with Crippen LogP contribution in [0.25, 0.3) is 10.9 Å². The molecule has 39 heavy (non-hydrogen) atoms. The number of hydrogen-bond acceptors (Lipinski definition) is 5. The maximum Gasteiger partial charge on any atom is 0.282 e. The molecule has 1 heterocycles. The van der Waals surface area contributed by atoms with Gasteiger partial charge in [-0.3, -0.25) is 4.79 Å². The molecule has 0 spiro atoms. The van der Waals surface area contributed by atoms with Crippen molar-refractivity contribution in [3.63, 3.8) is 0 Å². The lowest BCUT2D eigenvalue weighted by molar-refractivity contribution is 0.263. The third-order valence-electron chi connectivity index (χ3n) is 6.36. The van der Waals surface area contributed by atoms with Crippen molar-refractivity contribution < 1.29 is 13.9 Å². The van der Waals surface area contributed by atoms with Crippen molar-refractivity contribution >= 4 is 33.0 Å². The molecule has 1 atom stereocenters. The lowest BCUT2D eigenvalue weighted by Crippen LogP contribution is -2.23. The van der Waals surface area contributed by atoms with E-state index in [9.17, 15) is 9.18 Å². The molecule has 4 aromatic rings. The fourth-order valence-corrected chi connectivity index (χ4v) is 4.52. The lowest BCUT2D eigenvalue weighted by atomic mass is 10.1. The molecule has 0 aliphatic carbocycles. The summed E-state index contributed by atoms with van der Waals surface area (Å²) in [4.78, 5) is 18.3. The zero-order valence-electron chi connectivity index (χ0n) is 22.3. The summed E-state index contributed by atoms with van der Waals surface area (Å²) < 4.78 is 28.4. The fraction of sp³-hybridized carbons (Fsp3) is 0.258. The van der Waals surface area contributed by atoms with E-state index in [1.165, 1.54) is 10.7 Å². The number of benzene rings is 3. The second-order valence-corrected chi connectivity index (χ2v) is 10.0. The van der Waals surface area contributed by atoms with Crippen LogP contribution >= 0.6 is 15.9 Å². The number of allylic oxidation sites excluding steroid dienone is 1. The molecule has 0 radical (unpaired) electrons. The van der Waals surface area contributed by atoms with Gasteiger partial charge in [0.2, 0.25) is 0 Å². The predicted octanol–water partition coefficient (Wildman–Crippen LogP) is 7.40. The van der Waals surface area contributed by atoms with E-state index in [2.05, 4.69) is 27.6 Å². The van der Waals surface area contributed by atoms with E-state index < -0.39 is 0 Å². The molecule has 8 heteroatoms. The van der Waals surface area contributed by atoms with Gasteiger partial charge in [0.25, 0.3) is 5.56 Å². The number of fused-ring (bicyclic) bond motifs is 1. The smallest absolute Gasteiger partial charge is 0.282 e. The largest absolute Gasteiger partial charge is 0.490 e. The van der Waals surface area contributed by atoms with Gasteiger partial charge >= 0.3 is 0 Å². The van der Waals surface area contributed by atoms with E-state index in [1.54, 1.807) is 42.6 Å². The molecule has 0 amide bonds. The summed E-state index contributed by atoms with van der Waals surface area (Å²) in [6.07, 6.45) is 4.68. The van der Waals surface area contributed by atoms with Crippen LogP contribution in [0.2, 0.25) is 0 Å². The first-order valence-corrected chi connectivity index (χ1v) is 13.7. The van der Waals surface area contributed by atoms with Gasteiger partial charge in [0.05, 0.1) is 23.7 Å². The van der Waals surface area contributed by atoms with Crippen LogP contribution in [0.5, 0.6) is 11.5 Å². The van der Waals surface area contributed by atoms with Crippen LogP contribution in [0.15, 0.2) is 81.6 Å². The lowest BCUT2D eigenvalue weighted by Gasteiger charge is -2.17. The number of nitrogens with zero attached hydrogens (tertiary/aromatic N) is 3. The zero-order chi connectivity index (χ0) is 27.9. The summed E-state index contributed by atoms with van der Waals surface area (Å²) in [7, 11) is 0. The van der Waals surface area contributed by atoms with Crippen LogP contribution in [-0.2, 0) is 13.0 Å². The van der Waals surface area contributed by atoms with Crippen molar-refractivity contribution in [1.82, 2.24) is 9.66 Å². The standard InChI is InChI=1S/C31H31BrFN3O3/c1-5-10-22-15-21(16-28(38-7-3)29(22)39-19-23-11-8-9-12-26(23)33)18-34-36-30(20(4)6-2)35-27-14-13-24(32)17-25(27)31(36)37/h5,8-9,11-18,20H,1,6-7,10,19H2,2-4H3/t20-/m0/s1. The molecule has 0 bridgehead atoms. The third kappa shape index (κ3) is 6.45. The normalized spacial score (nSPS) is 12.1. The summed E-state index contributed by atoms with van der Waals surface area (Å²) >= 11 is 3.44. The number of halogens is 2. The van der Waals surface area contributed by atoms with Crippen molar-refractivity contribution in [2.24, 2.45) is 5.10 Å². The topological polar surface area (TPSA) is 65.7 Å². The first-order chi connectivity index (χ1) is 18.9. The molecule has 0 unspecified atom stereocenters. The molecule has 3 aromatic carbocycles. The van der Waals surface area contributed by atoms with Gasteiger partial charge in [-0.2, -0.15) is 9.78 Å². The number of hydrogen-bond donors (Lipinski definition) is 0. The van der Waals surface area contributed by atoms with E-state index >= 15 is 0 Å². The average molecular weight is 593 g/mol. The second-order valence-electron chi connectivity index (χ2n) is 9.12. The number of aromatic nitrogens is 2. The molecule has 0 saturated carbocycles. The maximum atomic E-state index is 14.2. The predicted molar refractivity (Wildman–Crippen MR) is 158 cm³/mol. The quantitative estimate of drug-likeness (QED) is 0.135. The maximum absolute atomic E-state index is 14.2. The van der Waals surface area contributed by atoms with Gasteiger partial charge < -0.3 is 9.47 Å². The van der Waals surface area contributed by atoms with Crippen LogP contribution in [0.1, 0.15) is 55.6 Å². The number of ether oxygens (including phenoxy) is 2. The molecular formula is C31H31BrFN3O3. The van der Waals surface area contributed by atoms with Crippen LogP contribution in [-0.4, -0.2) is 22.5 Å². The minimum absolute atomic E-state index is 0.0207. The van der Waals surface area contributed by atoms with Gasteiger partial charge in [-0.25, -0.2) is 9.37 Å². The first kappa shape index (κ1) is 28.2. The van der Waals surface area contributed by atoms with Crippen LogP contribution in [0.3, 0.4) is 0 Å². The fourth-order valence-electron chi connectivity index (χ4n) is 4.16. The van der Waals surface area contributed by atoms with Crippen molar-refractivity contribution in [3.05, 3.63) is 110 Å². The Kier molecular flexibility index (Phi) is 9.30. The van der Waals surface area contributed by atoms with Gasteiger partial charge in [0, 0.05) is 21.5 Å². The van der Waals surface area contributed by atoms with Gasteiger partial charge in [-0.1, -0.05) is 54.1 Å². The highest BCUT2D eigenvalue weighted by Gasteiger charge is 2.17. The highest BCUT2D eigenvalue weighted by molar-refractivity contribution is 9.10. The van der Waals surface area contributed by atoms with Crippen LogP contribution in [0, 0.1) is 5.82 Å². The van der Waals surface area contributed by atoms with Crippen molar-refractivity contribution in [2.75, 3.05) is 6.61 Å². The van der Waals surface area contributed by atoms with E-state index in [4.69, 9.17) is 14.5 Å². The summed E-state index contributed by atoms with van der Waals surface area (Å²) in [5.41, 5.74) is 2.36. The summed E-state index contributed by atoms with van der Waals surface area (Å²) in [5.74, 6) is 1.31. The molecule has 0 aliphatic rings. The SMILES string of the molecule is C=CCc1cc(C=Nn2c([C@@H](C)CC)nc3ccc(Br)cc3c2=O)cc(OCC)c1OCc1ccccc1F. The van der Waals surface area contributed by atoms with Gasteiger partial charge in [-0.15, -0.1) is 6.58 Å². The van der Waals surface area contributed by atoms with Crippen molar-refractivity contribution in [2.45, 2.75) is 46.1 Å². The Morgan fingerprint density at radius 3 is 2.64 bits per heavy atom. The van der Waals surface area contributed by atoms with E-state index in [0.717, 1.165) is 16.5 Å². The zero-order valence-corrected chi connectivity index (χ0v) is 23.9. The third-order valence-corrected chi connectivity index (χ3v) is 6.85. The molecule has 4 rings (SSSR count). The highest BCUT2D eigenvalue weighted by atomic mass is 79.9. The summed E-state index contributed by atoms with van der Waals surface area (Å²) in [6, 6.07) is 15.7. The number of rotatable bonds is 11. The van der Waals surface area contributed by atoms with Gasteiger partial charge in [0.1, 0.15) is 18.2 Å². The molecule has 6 nitrogen and oxygen atoms in total. The first-order valence-electron chi connectivity index (χ1n) is 12.9. The average Bonchev–Trinajstić information content (AvgIpc) is 2.93. The summed E-state index contributed by atoms with van der Waals surface area (Å²) in [5, 5.41) is 5.07. The minimum Gasteiger partial charge on any atom is -0.490 e.